The molecule has 4 rings (SSSR count). The second kappa shape index (κ2) is 8.30. The molecule has 4 aliphatic carbocycles. The van der Waals surface area contributed by atoms with Crippen LogP contribution in [-0.2, 0) is 14.4 Å². The minimum atomic E-state index is -1.87. The number of carbonyl (C=O) groups excluding carboxylic acids is 3. The third kappa shape index (κ3) is 3.78. The zero-order chi connectivity index (χ0) is 28.1. The molecule has 0 saturated heterocycles. The summed E-state index contributed by atoms with van der Waals surface area (Å²) >= 11 is 0. The van der Waals surface area contributed by atoms with Crippen LogP contribution in [0.15, 0.2) is 11.6 Å². The molecule has 0 aliphatic heterocycles. The first-order valence-corrected chi connectivity index (χ1v) is 13.8. The lowest BCUT2D eigenvalue weighted by Gasteiger charge is -2.64. The minimum absolute atomic E-state index is 0.00750. The van der Waals surface area contributed by atoms with Crippen LogP contribution in [0.25, 0.3) is 0 Å². The molecule has 0 amide bonds. The van der Waals surface area contributed by atoms with Crippen molar-refractivity contribution in [3.63, 3.8) is 0 Å². The molecule has 0 heterocycles. The van der Waals surface area contributed by atoms with E-state index in [9.17, 15) is 34.8 Å². The Bertz CT molecular complexity index is 1050. The van der Waals surface area contributed by atoms with Gasteiger partial charge in [-0.3, -0.25) is 14.4 Å². The van der Waals surface area contributed by atoms with Crippen molar-refractivity contribution in [3.8, 4) is 0 Å². The summed E-state index contributed by atoms with van der Waals surface area (Å²) in [7, 11) is 0. The average molecular weight is 519 g/mol. The van der Waals surface area contributed by atoms with E-state index in [1.165, 1.54) is 6.92 Å². The Labute approximate surface area is 220 Å². The summed E-state index contributed by atoms with van der Waals surface area (Å²) in [5.74, 6) is -2.05. The van der Waals surface area contributed by atoms with Crippen molar-refractivity contribution >= 4 is 17.3 Å². The lowest BCUT2D eigenvalue weighted by molar-refractivity contribution is -0.184. The van der Waals surface area contributed by atoms with Crippen molar-refractivity contribution in [1.82, 2.24) is 0 Å². The molecular weight excluding hydrogens is 472 g/mol. The maximum atomic E-state index is 14.2. The van der Waals surface area contributed by atoms with E-state index in [0.29, 0.717) is 12.8 Å². The monoisotopic (exact) mass is 518 g/mol. The summed E-state index contributed by atoms with van der Waals surface area (Å²) < 4.78 is 0. The number of allylic oxidation sites excluding steroid dienone is 1. The van der Waals surface area contributed by atoms with Gasteiger partial charge in [-0.15, -0.1) is 0 Å². The predicted octanol–water partition coefficient (Wildman–Crippen LogP) is 3.15. The summed E-state index contributed by atoms with van der Waals surface area (Å²) in [6.45, 7) is 14.4. The molecule has 0 aromatic carbocycles. The third-order valence-electron chi connectivity index (χ3n) is 11.6. The molecule has 9 atom stereocenters. The number of hydrogen-bond acceptors (Lipinski definition) is 7. The van der Waals surface area contributed by atoms with Gasteiger partial charge in [0.15, 0.2) is 11.6 Å². The van der Waals surface area contributed by atoms with Gasteiger partial charge in [-0.05, 0) is 62.7 Å². The van der Waals surface area contributed by atoms with Crippen LogP contribution in [0.4, 0.5) is 0 Å². The maximum absolute atomic E-state index is 14.2. The Balaban J connectivity index is 1.77. The van der Waals surface area contributed by atoms with E-state index >= 15 is 0 Å². The molecule has 0 bridgehead atoms. The van der Waals surface area contributed by atoms with Crippen LogP contribution in [0.3, 0.4) is 0 Å². The Kier molecular flexibility index (Phi) is 6.41. The third-order valence-corrected chi connectivity index (χ3v) is 11.6. The molecule has 4 aliphatic rings. The Morgan fingerprint density at radius 2 is 1.62 bits per heavy atom. The Morgan fingerprint density at radius 1 is 1.03 bits per heavy atom. The van der Waals surface area contributed by atoms with Gasteiger partial charge in [0.25, 0.3) is 0 Å². The molecule has 7 heteroatoms. The van der Waals surface area contributed by atoms with E-state index in [1.54, 1.807) is 13.8 Å². The molecule has 0 spiro atoms. The van der Waals surface area contributed by atoms with Gasteiger partial charge in [-0.1, -0.05) is 46.3 Å². The van der Waals surface area contributed by atoms with Crippen LogP contribution >= 0.6 is 0 Å². The lowest BCUT2D eigenvalue weighted by atomic mass is 9.38. The summed E-state index contributed by atoms with van der Waals surface area (Å²) in [4.78, 5) is 40.4. The molecule has 0 aromatic heterocycles. The molecular formula is C30H46O7. The first-order chi connectivity index (χ1) is 16.7. The minimum Gasteiger partial charge on any atom is -0.393 e. The van der Waals surface area contributed by atoms with E-state index in [4.69, 9.17) is 0 Å². The second-order valence-corrected chi connectivity index (χ2v) is 14.6. The van der Waals surface area contributed by atoms with Gasteiger partial charge in [0.05, 0.1) is 11.7 Å². The summed E-state index contributed by atoms with van der Waals surface area (Å²) in [6.07, 6.45) is 1.28. The number of rotatable bonds is 5. The Hall–Kier alpha value is -1.41. The quantitative estimate of drug-likeness (QED) is 0.411. The SMILES string of the molecule is CC(C)(O)CCC(=O)[C@](C)(O)C1[C@H](O)C[C@@]2(C)C3CC=C4[C@@H](CC(=O)[C@@H](O)C4(C)C)C3(C)C(=O)CC12C. The zero-order valence-electron chi connectivity index (χ0n) is 23.7. The lowest BCUT2D eigenvalue weighted by Crippen LogP contribution is -2.65. The smallest absolute Gasteiger partial charge is 0.164 e. The Morgan fingerprint density at radius 3 is 2.19 bits per heavy atom. The second-order valence-electron chi connectivity index (χ2n) is 14.6. The largest absolute Gasteiger partial charge is 0.393 e. The van der Waals surface area contributed by atoms with Crippen LogP contribution in [0, 0.1) is 39.4 Å². The van der Waals surface area contributed by atoms with E-state index in [0.717, 1.165) is 5.57 Å². The molecule has 7 nitrogen and oxygen atoms in total. The predicted molar refractivity (Wildman–Crippen MR) is 138 cm³/mol. The van der Waals surface area contributed by atoms with Crippen LogP contribution < -0.4 is 0 Å². The van der Waals surface area contributed by atoms with Gasteiger partial charge in [-0.2, -0.15) is 0 Å². The highest BCUT2D eigenvalue weighted by molar-refractivity contribution is 5.93. The van der Waals surface area contributed by atoms with Crippen LogP contribution in [-0.4, -0.2) is 61.2 Å². The summed E-state index contributed by atoms with van der Waals surface area (Å²) in [5, 5.41) is 43.9. The highest BCUT2D eigenvalue weighted by Gasteiger charge is 2.74. The fourth-order valence-corrected chi connectivity index (χ4v) is 9.20. The molecule has 208 valence electrons. The summed E-state index contributed by atoms with van der Waals surface area (Å²) in [5.41, 5.74) is -5.00. The van der Waals surface area contributed by atoms with Gasteiger partial charge in [0, 0.05) is 36.0 Å². The van der Waals surface area contributed by atoms with E-state index in [2.05, 4.69) is 13.0 Å². The first kappa shape index (κ1) is 28.6. The first-order valence-electron chi connectivity index (χ1n) is 13.8. The van der Waals surface area contributed by atoms with Crippen LogP contribution in [0.1, 0.15) is 93.9 Å². The molecule has 3 fully saturated rings. The number of carbonyl (C=O) groups is 3. The maximum Gasteiger partial charge on any atom is 0.164 e. The van der Waals surface area contributed by atoms with Gasteiger partial charge < -0.3 is 20.4 Å². The molecule has 0 aromatic rings. The fraction of sp³-hybridized carbons (Fsp3) is 0.833. The van der Waals surface area contributed by atoms with Crippen molar-refractivity contribution in [2.75, 3.05) is 0 Å². The highest BCUT2D eigenvalue weighted by atomic mass is 16.3. The molecule has 4 N–H and O–H groups in total. The van der Waals surface area contributed by atoms with E-state index < -0.39 is 56.8 Å². The number of hydrogen-bond donors (Lipinski definition) is 4. The normalized spacial score (nSPS) is 44.9. The molecule has 0 radical (unpaired) electrons. The van der Waals surface area contributed by atoms with Crippen molar-refractivity contribution in [3.05, 3.63) is 11.6 Å². The van der Waals surface area contributed by atoms with Crippen molar-refractivity contribution in [1.29, 1.82) is 0 Å². The van der Waals surface area contributed by atoms with Crippen LogP contribution in [0.2, 0.25) is 0 Å². The molecule has 37 heavy (non-hydrogen) atoms. The number of ketones is 3. The number of aliphatic hydroxyl groups is 4. The van der Waals surface area contributed by atoms with E-state index in [-0.39, 0.29) is 49.1 Å². The van der Waals surface area contributed by atoms with Crippen molar-refractivity contribution in [2.24, 2.45) is 39.4 Å². The average Bonchev–Trinajstić information content (AvgIpc) is 2.96. The summed E-state index contributed by atoms with van der Waals surface area (Å²) in [6, 6.07) is 0. The van der Waals surface area contributed by atoms with Crippen molar-refractivity contribution in [2.45, 2.75) is 117 Å². The molecule has 3 saturated carbocycles. The van der Waals surface area contributed by atoms with E-state index in [1.807, 2.05) is 27.7 Å². The van der Waals surface area contributed by atoms with Gasteiger partial charge in [0.1, 0.15) is 17.5 Å². The zero-order valence-corrected chi connectivity index (χ0v) is 23.7. The number of Topliss-reactive ketones (excluding diaryl/α,β-unsaturated/α-hetero) is 3. The highest BCUT2D eigenvalue weighted by Crippen LogP contribution is 2.74. The topological polar surface area (TPSA) is 132 Å². The van der Waals surface area contributed by atoms with Gasteiger partial charge >= 0.3 is 0 Å². The van der Waals surface area contributed by atoms with Gasteiger partial charge in [-0.25, -0.2) is 0 Å². The van der Waals surface area contributed by atoms with Crippen molar-refractivity contribution < 1.29 is 34.8 Å². The number of aliphatic hydroxyl groups excluding tert-OH is 2. The fourth-order valence-electron chi connectivity index (χ4n) is 9.20. The molecule has 4 unspecified atom stereocenters. The van der Waals surface area contributed by atoms with Crippen LogP contribution in [0.5, 0.6) is 0 Å². The standard InChI is InChI=1S/C30H46O7/c1-25(2,36)12-11-21(33)30(8,37)23-19(32)14-27(5)20-10-9-16-17(13-18(31)24(35)26(16,3)4)29(20,7)22(34)15-28(23,27)6/h9,17,19-20,23-24,32,35-37H,10-15H2,1-8H3/t17-,19-,20?,23?,24-,27+,28?,29?,30+/m1/s1. The number of fused-ring (bicyclic) bond motifs is 5. The van der Waals surface area contributed by atoms with Gasteiger partial charge in [0.2, 0.25) is 0 Å².